The summed E-state index contributed by atoms with van der Waals surface area (Å²) in [4.78, 5) is 22.8. The standard InChI is InChI=1S/C11H22N2O.C8H14.C5H13O2PS.C3H6O.4C2H6/c1-12-8-4-2-3-7-11(14)13-9-5-6-10-13;1-2-4-7-6-8(7)5-3-1;1-3-4-5-7-8(9)6-2;1-2-3-4;4*1-2/h12H,2-10H2,1H3;7-8H,1-6H2;9H,3-5H2,1-2H3;3H,2H2,1H3;4*1-2H3. The van der Waals surface area contributed by atoms with Gasteiger partial charge in [-0.15, -0.1) is 0 Å². The van der Waals surface area contributed by atoms with Crippen molar-refractivity contribution in [3.63, 3.8) is 0 Å². The molecule has 3 unspecified atom stereocenters. The molecule has 1 heterocycles. The van der Waals surface area contributed by atoms with E-state index in [1.165, 1.54) is 56.8 Å². The van der Waals surface area contributed by atoms with Gasteiger partial charge < -0.3 is 24.1 Å². The highest BCUT2D eigenvalue weighted by Gasteiger charge is 2.36. The molecule has 0 aromatic carbocycles. The highest BCUT2D eigenvalue weighted by Crippen LogP contribution is 2.47. The van der Waals surface area contributed by atoms with Crippen LogP contribution in [0.15, 0.2) is 0 Å². The van der Waals surface area contributed by atoms with Crippen LogP contribution in [0.25, 0.3) is 0 Å². The zero-order chi connectivity index (χ0) is 34.2. The number of carbonyl (C=O) groups is 2. The van der Waals surface area contributed by atoms with Crippen molar-refractivity contribution < 1.29 is 18.6 Å². The Morgan fingerprint density at radius 2 is 1.37 bits per heavy atom. The van der Waals surface area contributed by atoms with Crippen molar-refractivity contribution in [2.45, 2.75) is 166 Å². The number of nitrogens with one attached hydrogen (secondary N) is 1. The maximum absolute atomic E-state index is 11.6. The monoisotopic (exact) mass is 655 g/mol. The molecule has 3 atom stereocenters. The third-order valence-corrected chi connectivity index (χ3v) is 8.07. The number of carbonyl (C=O) groups excluding carboxylic acids is 2. The van der Waals surface area contributed by atoms with Crippen molar-refractivity contribution in [3.8, 4) is 0 Å². The van der Waals surface area contributed by atoms with Gasteiger partial charge in [0.05, 0.1) is 6.61 Å². The van der Waals surface area contributed by atoms with Gasteiger partial charge >= 0.3 is 0 Å². The lowest BCUT2D eigenvalue weighted by Gasteiger charge is -2.14. The summed E-state index contributed by atoms with van der Waals surface area (Å²) in [6.07, 6.45) is 19.6. The average Bonchev–Trinajstić information content (AvgIpc) is 3.67. The zero-order valence-corrected chi connectivity index (χ0v) is 32.9. The van der Waals surface area contributed by atoms with Crippen LogP contribution in [0.1, 0.15) is 166 Å². The quantitative estimate of drug-likeness (QED) is 0.0948. The smallest absolute Gasteiger partial charge is 0.234 e. The molecule has 2 saturated carbocycles. The first-order valence-corrected chi connectivity index (χ1v) is 20.4. The molecule has 0 aromatic heterocycles. The van der Waals surface area contributed by atoms with Crippen LogP contribution in [0.4, 0.5) is 0 Å². The molecule has 1 saturated heterocycles. The van der Waals surface area contributed by atoms with E-state index in [1.807, 2.05) is 74.3 Å². The Kier molecular flexibility index (Phi) is 59.3. The highest BCUT2D eigenvalue weighted by molar-refractivity contribution is 8.41. The van der Waals surface area contributed by atoms with Gasteiger partial charge in [0.2, 0.25) is 13.5 Å². The molecule has 1 aliphatic heterocycles. The fraction of sp³-hybridized carbons (Fsp3) is 0.943. The van der Waals surface area contributed by atoms with Crippen molar-refractivity contribution in [3.05, 3.63) is 0 Å². The van der Waals surface area contributed by atoms with Gasteiger partial charge in [0, 0.05) is 33.0 Å². The SMILES string of the molecule is C1CCC2CC2CC1.CC.CC.CC.CC.CCC=O.CCCCOP(S)OC.CNCCCCCC(=O)N1CCCC1. The van der Waals surface area contributed by atoms with Crippen LogP contribution in [0, 0.1) is 11.8 Å². The van der Waals surface area contributed by atoms with Gasteiger partial charge in [-0.1, -0.05) is 126 Å². The Morgan fingerprint density at radius 3 is 1.79 bits per heavy atom. The van der Waals surface area contributed by atoms with E-state index in [4.69, 9.17) is 9.05 Å². The second kappa shape index (κ2) is 48.7. The Balaban J connectivity index is -0.000000146. The second-order valence-electron chi connectivity index (χ2n) is 9.58. The number of thiol groups is 1. The second-order valence-corrected chi connectivity index (χ2v) is 11.7. The molecule has 2 aliphatic carbocycles. The molecule has 1 amide bonds. The number of hydrogen-bond acceptors (Lipinski definition) is 6. The van der Waals surface area contributed by atoms with Crippen LogP contribution in [0.3, 0.4) is 0 Å². The topological polar surface area (TPSA) is 67.9 Å². The van der Waals surface area contributed by atoms with Gasteiger partial charge in [-0.2, -0.15) is 0 Å². The summed E-state index contributed by atoms with van der Waals surface area (Å²) in [5.41, 5.74) is 0. The number of unbranched alkanes of at least 4 members (excludes halogenated alkanes) is 3. The summed E-state index contributed by atoms with van der Waals surface area (Å²) in [5.74, 6) is 2.75. The van der Waals surface area contributed by atoms with Crippen LogP contribution in [0.5, 0.6) is 0 Å². The molecule has 264 valence electrons. The molecule has 0 aromatic rings. The minimum absolute atomic E-state index is 0.368. The Bertz CT molecular complexity index is 488. The third kappa shape index (κ3) is 41.8. The first-order chi connectivity index (χ1) is 21.0. The number of aldehydes is 1. The van der Waals surface area contributed by atoms with Crippen LogP contribution >= 0.6 is 19.8 Å². The van der Waals surface area contributed by atoms with E-state index in [0.717, 1.165) is 58.2 Å². The lowest BCUT2D eigenvalue weighted by Crippen LogP contribution is -2.27. The van der Waals surface area contributed by atoms with E-state index in [-0.39, 0.29) is 0 Å². The Labute approximate surface area is 278 Å². The first-order valence-electron chi connectivity index (χ1n) is 18.1. The molecule has 3 aliphatic rings. The van der Waals surface area contributed by atoms with E-state index >= 15 is 0 Å². The number of amides is 1. The number of fused-ring (bicyclic) bond motifs is 1. The zero-order valence-electron chi connectivity index (χ0n) is 31.1. The van der Waals surface area contributed by atoms with Crippen molar-refractivity contribution >= 4 is 32.0 Å². The molecule has 6 nitrogen and oxygen atoms in total. The van der Waals surface area contributed by atoms with Crippen LogP contribution in [-0.4, -0.2) is 57.5 Å². The number of likely N-dealkylation sites (tertiary alicyclic amines) is 1. The summed E-state index contributed by atoms with van der Waals surface area (Å²) < 4.78 is 9.94. The number of hydrogen-bond donors (Lipinski definition) is 2. The van der Waals surface area contributed by atoms with E-state index in [0.29, 0.717) is 12.3 Å². The van der Waals surface area contributed by atoms with Crippen molar-refractivity contribution in [2.24, 2.45) is 11.8 Å². The molecule has 1 N–H and O–H groups in total. The minimum Gasteiger partial charge on any atom is -0.343 e. The maximum Gasteiger partial charge on any atom is 0.234 e. The normalized spacial score (nSPS) is 17.7. The van der Waals surface area contributed by atoms with Crippen molar-refractivity contribution in [1.29, 1.82) is 0 Å². The largest absolute Gasteiger partial charge is 0.343 e. The van der Waals surface area contributed by atoms with Gasteiger partial charge in [0.1, 0.15) is 6.29 Å². The molecule has 3 rings (SSSR count). The van der Waals surface area contributed by atoms with Crippen molar-refractivity contribution in [2.75, 3.05) is 40.4 Å². The van der Waals surface area contributed by atoms with E-state index < -0.39 is 7.58 Å². The van der Waals surface area contributed by atoms with Gasteiger partial charge in [-0.3, -0.25) is 4.79 Å². The van der Waals surface area contributed by atoms with E-state index in [9.17, 15) is 9.59 Å². The van der Waals surface area contributed by atoms with Gasteiger partial charge in [0.15, 0.2) is 0 Å². The maximum atomic E-state index is 11.6. The summed E-state index contributed by atoms with van der Waals surface area (Å²) in [6, 6.07) is 0. The molecular weight excluding hydrogens is 575 g/mol. The molecule has 0 bridgehead atoms. The van der Waals surface area contributed by atoms with Crippen LogP contribution in [0.2, 0.25) is 0 Å². The molecule has 3 fully saturated rings. The highest BCUT2D eigenvalue weighted by atomic mass is 32.7. The lowest BCUT2D eigenvalue weighted by molar-refractivity contribution is -0.130. The molecule has 8 heteroatoms. The molecule has 0 spiro atoms. The summed E-state index contributed by atoms with van der Waals surface area (Å²) in [6.45, 7) is 23.8. The third-order valence-electron chi connectivity index (χ3n) is 6.52. The van der Waals surface area contributed by atoms with Gasteiger partial charge in [-0.25, -0.2) is 0 Å². The molecule has 43 heavy (non-hydrogen) atoms. The van der Waals surface area contributed by atoms with Gasteiger partial charge in [-0.05, 0) is 64.0 Å². The molecule has 0 radical (unpaired) electrons. The van der Waals surface area contributed by atoms with Crippen LogP contribution < -0.4 is 5.32 Å². The fourth-order valence-corrected chi connectivity index (χ4v) is 4.86. The number of rotatable bonds is 12. The van der Waals surface area contributed by atoms with E-state index in [2.05, 4.69) is 24.5 Å². The average molecular weight is 655 g/mol. The van der Waals surface area contributed by atoms with Crippen LogP contribution in [-0.2, 0) is 18.6 Å². The van der Waals surface area contributed by atoms with Gasteiger partial charge in [0.25, 0.3) is 0 Å². The first kappa shape index (κ1) is 52.3. The fourth-order valence-electron chi connectivity index (χ4n) is 4.23. The lowest BCUT2D eigenvalue weighted by atomic mass is 10.2. The summed E-state index contributed by atoms with van der Waals surface area (Å²) in [5, 5.41) is 3.12. The Morgan fingerprint density at radius 1 is 0.860 bits per heavy atom. The Hall–Kier alpha value is -0.200. The summed E-state index contributed by atoms with van der Waals surface area (Å²) >= 11 is 4.02. The summed E-state index contributed by atoms with van der Waals surface area (Å²) in [7, 11) is 2.67. The molecular formula is C35H79N2O4PS. The predicted octanol–water partition coefficient (Wildman–Crippen LogP) is 11.3. The van der Waals surface area contributed by atoms with E-state index in [1.54, 1.807) is 26.4 Å². The minimum atomic E-state index is -0.896. The predicted molar refractivity (Wildman–Crippen MR) is 198 cm³/mol. The number of nitrogens with zero attached hydrogens (tertiary/aromatic N) is 1. The van der Waals surface area contributed by atoms with Crippen molar-refractivity contribution in [1.82, 2.24) is 10.2 Å².